The summed E-state index contributed by atoms with van der Waals surface area (Å²) in [6.45, 7) is 2.43. The lowest BCUT2D eigenvalue weighted by molar-refractivity contribution is 0.0277. The molecular weight excluding hydrogens is 470 g/mol. The van der Waals surface area contributed by atoms with Gasteiger partial charge in [0.1, 0.15) is 17.9 Å². The van der Waals surface area contributed by atoms with Crippen molar-refractivity contribution in [1.82, 2.24) is 20.3 Å². The van der Waals surface area contributed by atoms with Crippen LogP contribution in [0, 0.1) is 0 Å². The number of aromatic nitrogens is 3. The molecule has 5 rings (SSSR count). The van der Waals surface area contributed by atoms with Crippen molar-refractivity contribution in [3.8, 4) is 28.1 Å². The first-order chi connectivity index (χ1) is 15.6. The van der Waals surface area contributed by atoms with Crippen LogP contribution in [0.5, 0.6) is 5.75 Å². The molecular formula is C24H22BrN5O2. The Morgan fingerprint density at radius 3 is 2.69 bits per heavy atom. The lowest BCUT2D eigenvalue weighted by atomic mass is 9.98. The fraction of sp³-hybridized carbons (Fsp3) is 0.208. The van der Waals surface area contributed by atoms with E-state index in [0.29, 0.717) is 11.5 Å². The number of rotatable bonds is 4. The van der Waals surface area contributed by atoms with Gasteiger partial charge in [0, 0.05) is 23.1 Å². The average Bonchev–Trinajstić information content (AvgIpc) is 2.84. The first-order valence-electron chi connectivity index (χ1n) is 10.3. The van der Waals surface area contributed by atoms with Crippen LogP contribution in [0.1, 0.15) is 11.7 Å². The third-order valence-electron chi connectivity index (χ3n) is 5.56. The van der Waals surface area contributed by atoms with Gasteiger partial charge in [-0.05, 0) is 41.0 Å². The van der Waals surface area contributed by atoms with Gasteiger partial charge >= 0.3 is 0 Å². The van der Waals surface area contributed by atoms with E-state index in [4.69, 9.17) is 20.2 Å². The number of hydrogen-bond donors (Lipinski definition) is 2. The zero-order chi connectivity index (χ0) is 22.1. The molecule has 1 fully saturated rings. The van der Waals surface area contributed by atoms with Crippen molar-refractivity contribution in [2.24, 2.45) is 0 Å². The highest BCUT2D eigenvalue weighted by Crippen LogP contribution is 2.37. The van der Waals surface area contributed by atoms with Gasteiger partial charge < -0.3 is 20.5 Å². The normalized spacial score (nSPS) is 16.2. The number of ether oxygens (including phenoxy) is 2. The van der Waals surface area contributed by atoms with E-state index >= 15 is 0 Å². The van der Waals surface area contributed by atoms with Crippen LogP contribution in [0.4, 0.5) is 5.82 Å². The summed E-state index contributed by atoms with van der Waals surface area (Å²) in [5, 5.41) is 4.08. The van der Waals surface area contributed by atoms with Crippen LogP contribution >= 0.6 is 15.9 Å². The Morgan fingerprint density at radius 2 is 1.94 bits per heavy atom. The molecule has 1 aliphatic rings. The predicted octanol–water partition coefficient (Wildman–Crippen LogP) is 4.37. The molecule has 1 saturated heterocycles. The highest BCUT2D eigenvalue weighted by atomic mass is 79.9. The van der Waals surface area contributed by atoms with Crippen LogP contribution in [0.25, 0.3) is 33.4 Å². The largest absolute Gasteiger partial charge is 0.497 e. The Morgan fingerprint density at radius 1 is 1.09 bits per heavy atom. The zero-order valence-electron chi connectivity index (χ0n) is 17.5. The number of halogens is 1. The Bertz CT molecular complexity index is 1270. The summed E-state index contributed by atoms with van der Waals surface area (Å²) >= 11 is 3.57. The SMILES string of the molecule is COc1cc(Br)cc(-c2cc(-c3ccc(C4CNCCO4)cc3)nc3ncnc(N)c23)c1. The standard InChI is InChI=1S/C24H22BrN5O2/c1-31-18-9-16(8-17(25)10-18)19-11-20(30-24-22(19)23(26)28-13-29-24)14-2-4-15(5-3-14)21-12-27-6-7-32-21/h2-5,8-11,13,21,27H,6-7,12H2,1H3,(H2,26,28,29,30). The van der Waals surface area contributed by atoms with Crippen LogP contribution in [-0.4, -0.2) is 41.8 Å². The number of benzene rings is 2. The number of morpholine rings is 1. The van der Waals surface area contributed by atoms with Gasteiger partial charge in [0.2, 0.25) is 0 Å². The summed E-state index contributed by atoms with van der Waals surface area (Å²) in [6, 6.07) is 16.2. The summed E-state index contributed by atoms with van der Waals surface area (Å²) in [6.07, 6.45) is 1.51. The number of fused-ring (bicyclic) bond motifs is 1. The molecule has 7 nitrogen and oxygen atoms in total. The molecule has 2 aromatic carbocycles. The number of pyridine rings is 1. The van der Waals surface area contributed by atoms with Crippen molar-refractivity contribution in [1.29, 1.82) is 0 Å². The molecule has 0 spiro atoms. The molecule has 2 aromatic heterocycles. The van der Waals surface area contributed by atoms with Crippen molar-refractivity contribution < 1.29 is 9.47 Å². The highest BCUT2D eigenvalue weighted by Gasteiger charge is 2.17. The second-order valence-corrected chi connectivity index (χ2v) is 8.49. The topological polar surface area (TPSA) is 95.2 Å². The first kappa shape index (κ1) is 20.8. The molecule has 0 amide bonds. The van der Waals surface area contributed by atoms with Crippen molar-refractivity contribution >= 4 is 32.8 Å². The second kappa shape index (κ2) is 8.82. The maximum Gasteiger partial charge on any atom is 0.165 e. The Balaban J connectivity index is 1.63. The average molecular weight is 492 g/mol. The molecule has 1 unspecified atom stereocenters. The number of nitrogens with zero attached hydrogens (tertiary/aromatic N) is 3. The summed E-state index contributed by atoms with van der Waals surface area (Å²) in [7, 11) is 1.65. The minimum absolute atomic E-state index is 0.0691. The van der Waals surface area contributed by atoms with Crippen LogP contribution in [0.15, 0.2) is 59.3 Å². The monoisotopic (exact) mass is 491 g/mol. The van der Waals surface area contributed by atoms with Gasteiger partial charge in [-0.25, -0.2) is 15.0 Å². The Hall–Kier alpha value is -3.07. The molecule has 32 heavy (non-hydrogen) atoms. The quantitative estimate of drug-likeness (QED) is 0.437. The van der Waals surface area contributed by atoms with E-state index in [1.807, 2.05) is 24.3 Å². The molecule has 3 N–H and O–H groups in total. The maximum atomic E-state index is 6.24. The molecule has 0 radical (unpaired) electrons. The lowest BCUT2D eigenvalue weighted by Gasteiger charge is -2.24. The van der Waals surface area contributed by atoms with Crippen molar-refractivity contribution in [3.63, 3.8) is 0 Å². The van der Waals surface area contributed by atoms with E-state index in [1.165, 1.54) is 6.33 Å². The third kappa shape index (κ3) is 4.04. The van der Waals surface area contributed by atoms with E-state index in [1.54, 1.807) is 7.11 Å². The second-order valence-electron chi connectivity index (χ2n) is 7.58. The number of methoxy groups -OCH3 is 1. The van der Waals surface area contributed by atoms with E-state index in [2.05, 4.69) is 55.5 Å². The molecule has 4 aromatic rings. The van der Waals surface area contributed by atoms with Gasteiger partial charge in [-0.15, -0.1) is 0 Å². The fourth-order valence-electron chi connectivity index (χ4n) is 3.95. The van der Waals surface area contributed by atoms with Crippen LogP contribution < -0.4 is 15.8 Å². The highest BCUT2D eigenvalue weighted by molar-refractivity contribution is 9.10. The van der Waals surface area contributed by atoms with Gasteiger partial charge in [-0.1, -0.05) is 40.2 Å². The van der Waals surface area contributed by atoms with Crippen LogP contribution in [-0.2, 0) is 4.74 Å². The van der Waals surface area contributed by atoms with Gasteiger partial charge in [0.25, 0.3) is 0 Å². The number of hydrogen-bond acceptors (Lipinski definition) is 7. The molecule has 3 heterocycles. The zero-order valence-corrected chi connectivity index (χ0v) is 19.1. The number of anilines is 1. The van der Waals surface area contributed by atoms with Gasteiger partial charge in [0.05, 0.1) is 30.9 Å². The number of nitrogen functional groups attached to an aromatic ring is 1. The summed E-state index contributed by atoms with van der Waals surface area (Å²) in [5.41, 5.74) is 11.6. The fourth-order valence-corrected chi connectivity index (χ4v) is 4.42. The number of nitrogens with one attached hydrogen (secondary N) is 1. The lowest BCUT2D eigenvalue weighted by Crippen LogP contribution is -2.33. The third-order valence-corrected chi connectivity index (χ3v) is 6.02. The molecule has 0 aliphatic carbocycles. The smallest absolute Gasteiger partial charge is 0.165 e. The minimum Gasteiger partial charge on any atom is -0.497 e. The summed E-state index contributed by atoms with van der Waals surface area (Å²) in [5.74, 6) is 1.13. The molecule has 162 valence electrons. The molecule has 1 aliphatic heterocycles. The van der Waals surface area contributed by atoms with Gasteiger partial charge in [-0.2, -0.15) is 0 Å². The van der Waals surface area contributed by atoms with Crippen molar-refractivity contribution in [3.05, 3.63) is 64.9 Å². The molecule has 1 atom stereocenters. The van der Waals surface area contributed by atoms with E-state index < -0.39 is 0 Å². The van der Waals surface area contributed by atoms with E-state index in [0.717, 1.165) is 63.3 Å². The number of nitrogens with two attached hydrogens (primary N) is 1. The van der Waals surface area contributed by atoms with E-state index in [-0.39, 0.29) is 6.10 Å². The predicted molar refractivity (Wildman–Crippen MR) is 128 cm³/mol. The molecule has 8 heteroatoms. The van der Waals surface area contributed by atoms with Crippen molar-refractivity contribution in [2.45, 2.75) is 6.10 Å². The maximum absolute atomic E-state index is 6.24. The van der Waals surface area contributed by atoms with Crippen LogP contribution in [0.2, 0.25) is 0 Å². The summed E-state index contributed by atoms with van der Waals surface area (Å²) in [4.78, 5) is 13.4. The summed E-state index contributed by atoms with van der Waals surface area (Å²) < 4.78 is 12.2. The van der Waals surface area contributed by atoms with Gasteiger partial charge in [-0.3, -0.25) is 0 Å². The Kier molecular flexibility index (Phi) is 5.73. The molecule has 0 saturated carbocycles. The van der Waals surface area contributed by atoms with Crippen molar-refractivity contribution in [2.75, 3.05) is 32.5 Å². The van der Waals surface area contributed by atoms with Gasteiger partial charge in [0.15, 0.2) is 5.65 Å². The molecule has 0 bridgehead atoms. The van der Waals surface area contributed by atoms with Crippen LogP contribution in [0.3, 0.4) is 0 Å². The minimum atomic E-state index is 0.0691. The first-order valence-corrected chi connectivity index (χ1v) is 11.1. The van der Waals surface area contributed by atoms with E-state index in [9.17, 15) is 0 Å². The Labute approximate surface area is 194 Å².